The zero-order valence-electron chi connectivity index (χ0n) is 9.81. The van der Waals surface area contributed by atoms with Crippen molar-refractivity contribution in [2.75, 3.05) is 18.9 Å². The van der Waals surface area contributed by atoms with Gasteiger partial charge in [0, 0.05) is 17.6 Å². The Morgan fingerprint density at radius 3 is 2.83 bits per heavy atom. The number of aryl methyl sites for hydroxylation is 1. The maximum Gasteiger partial charge on any atom is 0.171 e. The maximum atomic E-state index is 5.82. The molecule has 0 atom stereocenters. The molecule has 0 amide bonds. The van der Waals surface area contributed by atoms with Crippen molar-refractivity contribution in [1.82, 2.24) is 9.78 Å². The van der Waals surface area contributed by atoms with Gasteiger partial charge in [0.2, 0.25) is 0 Å². The Kier molecular flexibility index (Phi) is 2.66. The van der Waals surface area contributed by atoms with E-state index >= 15 is 0 Å². The highest BCUT2D eigenvalue weighted by atomic mass is 79.9. The molecule has 1 aromatic carbocycles. The molecule has 0 spiro atoms. The first kappa shape index (κ1) is 11.4. The van der Waals surface area contributed by atoms with Crippen LogP contribution in [-0.4, -0.2) is 23.0 Å². The van der Waals surface area contributed by atoms with Crippen LogP contribution in [0.3, 0.4) is 0 Å². The van der Waals surface area contributed by atoms with Gasteiger partial charge in [-0.1, -0.05) is 0 Å². The van der Waals surface area contributed by atoms with E-state index in [-0.39, 0.29) is 0 Å². The zero-order valence-corrected chi connectivity index (χ0v) is 11.4. The Morgan fingerprint density at radius 1 is 1.33 bits per heavy atom. The highest BCUT2D eigenvalue weighted by Crippen LogP contribution is 2.44. The normalized spacial score (nSPS) is 13.7. The minimum Gasteiger partial charge on any atom is -0.486 e. The first-order chi connectivity index (χ1) is 8.66. The molecule has 6 heteroatoms. The smallest absolute Gasteiger partial charge is 0.171 e. The molecule has 1 aliphatic rings. The highest BCUT2D eigenvalue weighted by molar-refractivity contribution is 9.10. The number of nitrogens with zero attached hydrogens (tertiary/aromatic N) is 2. The molecule has 0 bridgehead atoms. The van der Waals surface area contributed by atoms with Gasteiger partial charge < -0.3 is 15.2 Å². The van der Waals surface area contributed by atoms with Crippen LogP contribution in [0.25, 0.3) is 11.3 Å². The van der Waals surface area contributed by atoms with Crippen molar-refractivity contribution < 1.29 is 9.47 Å². The molecule has 3 rings (SSSR count). The van der Waals surface area contributed by atoms with Gasteiger partial charge in [0.25, 0.3) is 0 Å². The number of fused-ring (bicyclic) bond motifs is 1. The minimum absolute atomic E-state index is 0.540. The van der Waals surface area contributed by atoms with E-state index in [4.69, 9.17) is 15.2 Å². The SMILES string of the molecule is Cn1nc(-c2c(Br)ccc3c2OCCO3)cc1N. The summed E-state index contributed by atoms with van der Waals surface area (Å²) in [5.74, 6) is 2.06. The van der Waals surface area contributed by atoms with Crippen LogP contribution in [0.2, 0.25) is 0 Å². The highest BCUT2D eigenvalue weighted by Gasteiger charge is 2.21. The van der Waals surface area contributed by atoms with Gasteiger partial charge in [-0.15, -0.1) is 0 Å². The second kappa shape index (κ2) is 4.20. The predicted octanol–water partition coefficient (Wildman–Crippen LogP) is 2.20. The molecule has 2 heterocycles. The summed E-state index contributed by atoms with van der Waals surface area (Å²) in [6, 6.07) is 5.63. The van der Waals surface area contributed by atoms with Crippen molar-refractivity contribution in [3.05, 3.63) is 22.7 Å². The van der Waals surface area contributed by atoms with E-state index < -0.39 is 0 Å². The van der Waals surface area contributed by atoms with Crippen LogP contribution < -0.4 is 15.2 Å². The molecule has 0 saturated carbocycles. The number of anilines is 1. The lowest BCUT2D eigenvalue weighted by Gasteiger charge is -2.21. The summed E-state index contributed by atoms with van der Waals surface area (Å²) in [6.45, 7) is 1.11. The summed E-state index contributed by atoms with van der Waals surface area (Å²) < 4.78 is 13.8. The first-order valence-electron chi connectivity index (χ1n) is 5.55. The predicted molar refractivity (Wildman–Crippen MR) is 71.7 cm³/mol. The van der Waals surface area contributed by atoms with Crippen LogP contribution in [0.4, 0.5) is 5.82 Å². The molecule has 1 aromatic heterocycles. The molecule has 1 aliphatic heterocycles. The van der Waals surface area contributed by atoms with E-state index in [0.29, 0.717) is 24.8 Å². The quantitative estimate of drug-likeness (QED) is 0.877. The number of nitrogens with two attached hydrogens (primary N) is 1. The average Bonchev–Trinajstić information content (AvgIpc) is 2.69. The largest absolute Gasteiger partial charge is 0.486 e. The van der Waals surface area contributed by atoms with Gasteiger partial charge in [0.05, 0.1) is 11.3 Å². The fourth-order valence-corrected chi connectivity index (χ4v) is 2.45. The molecule has 18 heavy (non-hydrogen) atoms. The molecule has 2 aromatic rings. The summed E-state index contributed by atoms with van der Waals surface area (Å²) in [4.78, 5) is 0. The summed E-state index contributed by atoms with van der Waals surface area (Å²) in [6.07, 6.45) is 0. The van der Waals surface area contributed by atoms with Crippen molar-refractivity contribution >= 4 is 21.7 Å². The topological polar surface area (TPSA) is 62.3 Å². The molecular weight excluding hydrogens is 298 g/mol. The fraction of sp³-hybridized carbons (Fsp3) is 0.250. The Labute approximate surface area is 113 Å². The third kappa shape index (κ3) is 1.73. The van der Waals surface area contributed by atoms with Gasteiger partial charge in [-0.3, -0.25) is 4.68 Å². The zero-order chi connectivity index (χ0) is 12.7. The molecule has 0 saturated heterocycles. The summed E-state index contributed by atoms with van der Waals surface area (Å²) in [5.41, 5.74) is 7.46. The molecule has 0 fully saturated rings. The van der Waals surface area contributed by atoms with Crippen molar-refractivity contribution in [1.29, 1.82) is 0 Å². The van der Waals surface area contributed by atoms with E-state index in [1.165, 1.54) is 0 Å². The Bertz CT molecular complexity index is 590. The third-order valence-corrected chi connectivity index (χ3v) is 3.49. The second-order valence-electron chi connectivity index (χ2n) is 4.02. The summed E-state index contributed by atoms with van der Waals surface area (Å²) in [7, 11) is 1.81. The summed E-state index contributed by atoms with van der Waals surface area (Å²) >= 11 is 3.52. The number of aromatic nitrogens is 2. The number of ether oxygens (including phenoxy) is 2. The third-order valence-electron chi connectivity index (χ3n) is 2.83. The lowest BCUT2D eigenvalue weighted by atomic mass is 10.1. The fourth-order valence-electron chi connectivity index (χ4n) is 1.93. The molecule has 94 valence electrons. The first-order valence-corrected chi connectivity index (χ1v) is 6.34. The van der Waals surface area contributed by atoms with Crippen molar-refractivity contribution in [3.8, 4) is 22.8 Å². The van der Waals surface area contributed by atoms with Crippen LogP contribution in [0.15, 0.2) is 22.7 Å². The van der Waals surface area contributed by atoms with E-state index in [2.05, 4.69) is 21.0 Å². The Balaban J connectivity index is 2.21. The number of halogens is 1. The molecule has 5 nitrogen and oxygen atoms in total. The van der Waals surface area contributed by atoms with Crippen molar-refractivity contribution in [2.24, 2.45) is 7.05 Å². The van der Waals surface area contributed by atoms with Gasteiger partial charge in [0.1, 0.15) is 19.0 Å². The number of hydrogen-bond acceptors (Lipinski definition) is 4. The lowest BCUT2D eigenvalue weighted by molar-refractivity contribution is 0.172. The van der Waals surface area contributed by atoms with Crippen LogP contribution in [0, 0.1) is 0 Å². The average molecular weight is 310 g/mol. The number of hydrogen-bond donors (Lipinski definition) is 1. The molecule has 0 radical (unpaired) electrons. The molecule has 0 aliphatic carbocycles. The van der Waals surface area contributed by atoms with Crippen molar-refractivity contribution in [3.63, 3.8) is 0 Å². The standard InChI is InChI=1S/C12H12BrN3O2/c1-16-10(14)6-8(15-16)11-7(13)2-3-9-12(11)18-5-4-17-9/h2-3,6H,4-5,14H2,1H3. The number of nitrogen functional groups attached to an aromatic ring is 1. The molecule has 0 unspecified atom stereocenters. The van der Waals surface area contributed by atoms with E-state index in [9.17, 15) is 0 Å². The van der Waals surface area contributed by atoms with Crippen LogP contribution in [0.1, 0.15) is 0 Å². The van der Waals surface area contributed by atoms with E-state index in [1.807, 2.05) is 18.2 Å². The van der Waals surface area contributed by atoms with Crippen LogP contribution >= 0.6 is 15.9 Å². The van der Waals surface area contributed by atoms with E-state index in [1.54, 1.807) is 11.7 Å². The monoisotopic (exact) mass is 309 g/mol. The minimum atomic E-state index is 0.540. The van der Waals surface area contributed by atoms with Crippen LogP contribution in [0.5, 0.6) is 11.5 Å². The Hall–Kier alpha value is -1.69. The summed E-state index contributed by atoms with van der Waals surface area (Å²) in [5, 5.41) is 4.38. The van der Waals surface area contributed by atoms with Gasteiger partial charge in [-0.05, 0) is 28.1 Å². The lowest BCUT2D eigenvalue weighted by Crippen LogP contribution is -2.16. The maximum absolute atomic E-state index is 5.82. The van der Waals surface area contributed by atoms with Crippen molar-refractivity contribution in [2.45, 2.75) is 0 Å². The van der Waals surface area contributed by atoms with Gasteiger partial charge in [-0.2, -0.15) is 5.10 Å². The number of benzene rings is 1. The van der Waals surface area contributed by atoms with Crippen LogP contribution in [-0.2, 0) is 7.05 Å². The van der Waals surface area contributed by atoms with Gasteiger partial charge in [0.15, 0.2) is 11.5 Å². The van der Waals surface area contributed by atoms with Gasteiger partial charge in [-0.25, -0.2) is 0 Å². The van der Waals surface area contributed by atoms with Gasteiger partial charge >= 0.3 is 0 Å². The van der Waals surface area contributed by atoms with E-state index in [0.717, 1.165) is 21.5 Å². The number of rotatable bonds is 1. The Morgan fingerprint density at radius 2 is 2.11 bits per heavy atom. The second-order valence-corrected chi connectivity index (χ2v) is 4.88. The molecule has 2 N–H and O–H groups in total. The molecular formula is C12H12BrN3O2.